The first kappa shape index (κ1) is 25.9. The summed E-state index contributed by atoms with van der Waals surface area (Å²) in [6.07, 6.45) is 3.65. The Labute approximate surface area is 215 Å². The molecule has 2 N–H and O–H groups in total. The number of thiophene rings is 1. The van der Waals surface area contributed by atoms with E-state index in [4.69, 9.17) is 4.74 Å². The van der Waals surface area contributed by atoms with Crippen molar-refractivity contribution in [2.24, 2.45) is 0 Å². The molecule has 0 saturated carbocycles. The first-order chi connectivity index (χ1) is 17.1. The Morgan fingerprint density at radius 2 is 1.75 bits per heavy atom. The Morgan fingerprint density at radius 3 is 2.47 bits per heavy atom. The number of amides is 1. The number of aryl methyl sites for hydroxylation is 4. The Kier molecular flexibility index (Phi) is 7.51. The quantitative estimate of drug-likeness (QED) is 0.380. The average molecular weight is 527 g/mol. The van der Waals surface area contributed by atoms with Crippen LogP contribution in [0.1, 0.15) is 67.6 Å². The van der Waals surface area contributed by atoms with Gasteiger partial charge in [0.05, 0.1) is 22.8 Å². The monoisotopic (exact) mass is 526 g/mol. The topological polar surface area (TPSA) is 102 Å². The molecule has 1 aliphatic carbocycles. The first-order valence-corrected chi connectivity index (χ1v) is 14.2. The Balaban J connectivity index is 1.64. The summed E-state index contributed by atoms with van der Waals surface area (Å²) in [5, 5.41) is 3.30. The van der Waals surface area contributed by atoms with Gasteiger partial charge in [-0.2, -0.15) is 0 Å². The van der Waals surface area contributed by atoms with Crippen molar-refractivity contribution in [3.8, 4) is 0 Å². The van der Waals surface area contributed by atoms with Crippen molar-refractivity contribution in [1.82, 2.24) is 0 Å². The second kappa shape index (κ2) is 10.4. The van der Waals surface area contributed by atoms with Gasteiger partial charge >= 0.3 is 5.97 Å². The lowest BCUT2D eigenvalue weighted by molar-refractivity contribution is 0.0526. The SMILES string of the molecule is CCOC(=O)c1c(NC(=O)c2ccc(C)c(S(=O)(=O)Nc3ccc(C)cc3C)c2)sc2c1CCCC2. The van der Waals surface area contributed by atoms with E-state index in [1.165, 1.54) is 17.4 Å². The van der Waals surface area contributed by atoms with Crippen LogP contribution in [-0.2, 0) is 27.6 Å². The van der Waals surface area contributed by atoms with Gasteiger partial charge in [-0.3, -0.25) is 9.52 Å². The van der Waals surface area contributed by atoms with Crippen LogP contribution in [0.4, 0.5) is 10.7 Å². The predicted octanol–water partition coefficient (Wildman–Crippen LogP) is 5.78. The van der Waals surface area contributed by atoms with Gasteiger partial charge in [0.15, 0.2) is 0 Å². The maximum absolute atomic E-state index is 13.2. The molecule has 0 spiro atoms. The molecule has 0 saturated heterocycles. The van der Waals surface area contributed by atoms with Crippen molar-refractivity contribution in [3.05, 3.63) is 74.7 Å². The number of carbonyl (C=O) groups excluding carboxylic acids is 2. The number of fused-ring (bicyclic) bond motifs is 1. The number of ether oxygens (including phenoxy) is 1. The number of sulfonamides is 1. The van der Waals surface area contributed by atoms with Gasteiger partial charge in [-0.1, -0.05) is 23.8 Å². The fraction of sp³-hybridized carbons (Fsp3) is 0.333. The molecule has 7 nitrogen and oxygen atoms in total. The van der Waals surface area contributed by atoms with Crippen LogP contribution in [0.25, 0.3) is 0 Å². The average Bonchev–Trinajstić information content (AvgIpc) is 3.19. The van der Waals surface area contributed by atoms with Gasteiger partial charge in [-0.25, -0.2) is 13.2 Å². The van der Waals surface area contributed by atoms with Gasteiger partial charge in [-0.05, 0) is 88.3 Å². The fourth-order valence-corrected chi connectivity index (χ4v) is 7.08. The highest BCUT2D eigenvalue weighted by Crippen LogP contribution is 2.39. The zero-order valence-electron chi connectivity index (χ0n) is 20.9. The van der Waals surface area contributed by atoms with Gasteiger partial charge in [0.2, 0.25) is 0 Å². The van der Waals surface area contributed by atoms with Crippen molar-refractivity contribution >= 4 is 43.9 Å². The molecule has 1 aliphatic rings. The summed E-state index contributed by atoms with van der Waals surface area (Å²) in [6.45, 7) is 7.45. The summed E-state index contributed by atoms with van der Waals surface area (Å²) in [6, 6.07) is 10.0. The minimum absolute atomic E-state index is 0.0196. The summed E-state index contributed by atoms with van der Waals surface area (Å²) in [7, 11) is -3.94. The number of benzene rings is 2. The van der Waals surface area contributed by atoms with Crippen LogP contribution in [0.15, 0.2) is 41.3 Å². The van der Waals surface area contributed by atoms with Crippen LogP contribution in [0.2, 0.25) is 0 Å². The summed E-state index contributed by atoms with van der Waals surface area (Å²) in [5.41, 5.74) is 4.38. The van der Waals surface area contributed by atoms with Crippen molar-refractivity contribution < 1.29 is 22.7 Å². The first-order valence-electron chi connectivity index (χ1n) is 11.9. The zero-order chi connectivity index (χ0) is 26.0. The Hall–Kier alpha value is -3.17. The lowest BCUT2D eigenvalue weighted by Gasteiger charge is -2.14. The van der Waals surface area contributed by atoms with Gasteiger partial charge in [0.1, 0.15) is 5.00 Å². The molecule has 0 atom stereocenters. The number of anilines is 2. The van der Waals surface area contributed by atoms with Crippen LogP contribution < -0.4 is 10.0 Å². The fourth-order valence-electron chi connectivity index (χ4n) is 4.41. The second-order valence-corrected chi connectivity index (χ2v) is 11.7. The number of rotatable bonds is 7. The van der Waals surface area contributed by atoms with Crippen molar-refractivity contribution in [3.63, 3.8) is 0 Å². The third-order valence-corrected chi connectivity index (χ3v) is 8.96. The van der Waals surface area contributed by atoms with Gasteiger partial charge < -0.3 is 10.1 Å². The normalized spacial score (nSPS) is 13.1. The van der Waals surface area contributed by atoms with E-state index in [0.717, 1.165) is 47.3 Å². The van der Waals surface area contributed by atoms with Crippen molar-refractivity contribution in [2.45, 2.75) is 58.3 Å². The van der Waals surface area contributed by atoms with E-state index in [1.54, 1.807) is 32.0 Å². The van der Waals surface area contributed by atoms with E-state index < -0.39 is 21.9 Å². The van der Waals surface area contributed by atoms with Crippen molar-refractivity contribution in [2.75, 3.05) is 16.6 Å². The maximum atomic E-state index is 13.2. The molecule has 3 aromatic rings. The van der Waals surface area contributed by atoms with Crippen molar-refractivity contribution in [1.29, 1.82) is 0 Å². The molecule has 4 rings (SSSR count). The molecule has 9 heteroatoms. The van der Waals surface area contributed by atoms with Crippen LogP contribution in [0.3, 0.4) is 0 Å². The number of esters is 1. The molecule has 1 aromatic heterocycles. The molecular weight excluding hydrogens is 496 g/mol. The lowest BCUT2D eigenvalue weighted by Crippen LogP contribution is -2.18. The standard InChI is InChI=1S/C27H30N2O5S2/c1-5-34-27(31)24-20-8-6-7-9-22(20)35-26(24)28-25(30)19-12-11-17(3)23(15-19)36(32,33)29-21-13-10-16(2)14-18(21)4/h10-15,29H,5-9H2,1-4H3,(H,28,30). The molecule has 0 radical (unpaired) electrons. The molecule has 0 bridgehead atoms. The van der Waals surface area contributed by atoms with E-state index >= 15 is 0 Å². The van der Waals surface area contributed by atoms with Gasteiger partial charge in [-0.15, -0.1) is 11.3 Å². The second-order valence-electron chi connectivity index (χ2n) is 8.99. The highest BCUT2D eigenvalue weighted by molar-refractivity contribution is 7.92. The number of hydrogen-bond donors (Lipinski definition) is 2. The molecule has 0 fully saturated rings. The summed E-state index contributed by atoms with van der Waals surface area (Å²) < 4.78 is 34.4. The molecular formula is C27H30N2O5S2. The number of nitrogens with one attached hydrogen (secondary N) is 2. The Bertz CT molecular complexity index is 1440. The van der Waals surface area contributed by atoms with Gasteiger partial charge in [0.25, 0.3) is 15.9 Å². The molecule has 2 aromatic carbocycles. The zero-order valence-corrected chi connectivity index (χ0v) is 22.5. The van der Waals surface area contributed by atoms with Crippen LogP contribution in [-0.4, -0.2) is 26.9 Å². The third kappa shape index (κ3) is 5.32. The molecule has 0 aliphatic heterocycles. The molecule has 36 heavy (non-hydrogen) atoms. The highest BCUT2D eigenvalue weighted by atomic mass is 32.2. The molecule has 190 valence electrons. The number of hydrogen-bond acceptors (Lipinski definition) is 6. The minimum Gasteiger partial charge on any atom is -0.462 e. The summed E-state index contributed by atoms with van der Waals surface area (Å²) in [5.74, 6) is -0.931. The van der Waals surface area contributed by atoms with E-state index in [0.29, 0.717) is 21.8 Å². The molecule has 1 amide bonds. The summed E-state index contributed by atoms with van der Waals surface area (Å²) in [4.78, 5) is 27.0. The van der Waals surface area contributed by atoms with Crippen LogP contribution in [0, 0.1) is 20.8 Å². The highest BCUT2D eigenvalue weighted by Gasteiger charge is 2.28. The van der Waals surface area contributed by atoms with E-state index in [-0.39, 0.29) is 17.1 Å². The summed E-state index contributed by atoms with van der Waals surface area (Å²) >= 11 is 1.39. The van der Waals surface area contributed by atoms with Gasteiger partial charge in [0, 0.05) is 10.4 Å². The molecule has 0 unspecified atom stereocenters. The van der Waals surface area contributed by atoms with E-state index in [9.17, 15) is 18.0 Å². The van der Waals surface area contributed by atoms with Crippen LogP contribution >= 0.6 is 11.3 Å². The largest absolute Gasteiger partial charge is 0.462 e. The third-order valence-electron chi connectivity index (χ3n) is 6.24. The minimum atomic E-state index is -3.94. The maximum Gasteiger partial charge on any atom is 0.341 e. The van der Waals surface area contributed by atoms with E-state index in [1.807, 2.05) is 26.0 Å². The number of carbonyl (C=O) groups is 2. The Morgan fingerprint density at radius 1 is 1.00 bits per heavy atom. The lowest BCUT2D eigenvalue weighted by atomic mass is 9.95. The smallest absolute Gasteiger partial charge is 0.341 e. The van der Waals surface area contributed by atoms with Crippen LogP contribution in [0.5, 0.6) is 0 Å². The van der Waals surface area contributed by atoms with E-state index in [2.05, 4.69) is 10.0 Å². The predicted molar refractivity (Wildman–Crippen MR) is 143 cm³/mol. The molecule has 1 heterocycles.